The highest BCUT2D eigenvalue weighted by Gasteiger charge is 2.33. The molecule has 2 fully saturated rings. The number of hydrogen-bond acceptors (Lipinski definition) is 2. The molecule has 1 aliphatic carbocycles. The zero-order valence-electron chi connectivity index (χ0n) is 12.7. The molecule has 20 heavy (non-hydrogen) atoms. The van der Waals surface area contributed by atoms with Crippen LogP contribution in [0.4, 0.5) is 8.78 Å². The molecule has 0 spiro atoms. The third-order valence-electron chi connectivity index (χ3n) is 4.95. The average molecular weight is 289 g/mol. The molecule has 0 amide bonds. The van der Waals surface area contributed by atoms with Gasteiger partial charge in [0.2, 0.25) is 0 Å². The smallest absolute Gasteiger partial charge is 0.100 e. The minimum Gasteiger partial charge on any atom is -0.363 e. The summed E-state index contributed by atoms with van der Waals surface area (Å²) in [6.45, 7) is 3.69. The van der Waals surface area contributed by atoms with Crippen molar-refractivity contribution in [1.82, 2.24) is 4.90 Å². The fraction of sp³-hybridized carbons (Fsp3) is 1.00. The third-order valence-corrected chi connectivity index (χ3v) is 4.95. The molecule has 0 N–H and O–H groups in total. The van der Waals surface area contributed by atoms with E-state index in [0.29, 0.717) is 44.1 Å². The lowest BCUT2D eigenvalue weighted by Gasteiger charge is -2.43. The van der Waals surface area contributed by atoms with Gasteiger partial charge in [-0.1, -0.05) is 13.3 Å². The molecule has 0 aromatic carbocycles. The van der Waals surface area contributed by atoms with Crippen molar-refractivity contribution >= 4 is 0 Å². The van der Waals surface area contributed by atoms with E-state index >= 15 is 0 Å². The van der Waals surface area contributed by atoms with Crippen LogP contribution in [-0.4, -0.2) is 43.2 Å². The Hall–Kier alpha value is -0.220. The second-order valence-electron chi connectivity index (χ2n) is 6.36. The quantitative estimate of drug-likeness (QED) is 0.683. The standard InChI is InChI=1S/C16H29F2NO/c1-2-16-13(5-3-4-10-17)11-19(12-20-16)15-8-6-14(18)7-9-15/h13-16H,2-12H2,1H3. The summed E-state index contributed by atoms with van der Waals surface area (Å²) >= 11 is 0. The van der Waals surface area contributed by atoms with Crippen molar-refractivity contribution in [3.05, 3.63) is 0 Å². The summed E-state index contributed by atoms with van der Waals surface area (Å²) in [5.74, 6) is 0.517. The molecule has 1 aliphatic heterocycles. The van der Waals surface area contributed by atoms with Crippen LogP contribution in [0.5, 0.6) is 0 Å². The summed E-state index contributed by atoms with van der Waals surface area (Å²) < 4.78 is 31.5. The number of ether oxygens (including phenoxy) is 1. The van der Waals surface area contributed by atoms with Gasteiger partial charge in [0, 0.05) is 12.6 Å². The Balaban J connectivity index is 1.83. The van der Waals surface area contributed by atoms with Crippen LogP contribution in [0.15, 0.2) is 0 Å². The predicted molar refractivity (Wildman–Crippen MR) is 77.2 cm³/mol. The number of halogens is 2. The lowest BCUT2D eigenvalue weighted by molar-refractivity contribution is -0.125. The van der Waals surface area contributed by atoms with Crippen molar-refractivity contribution in [1.29, 1.82) is 0 Å². The van der Waals surface area contributed by atoms with Gasteiger partial charge in [0.05, 0.1) is 19.5 Å². The fourth-order valence-corrected chi connectivity index (χ4v) is 3.68. The van der Waals surface area contributed by atoms with Crippen molar-refractivity contribution in [3.63, 3.8) is 0 Å². The normalized spacial score (nSPS) is 36.1. The number of nitrogens with zero attached hydrogens (tertiary/aromatic N) is 1. The third kappa shape index (κ3) is 4.39. The maximum atomic E-state index is 13.2. The van der Waals surface area contributed by atoms with Crippen molar-refractivity contribution in [2.45, 2.75) is 76.6 Å². The van der Waals surface area contributed by atoms with E-state index in [0.717, 1.165) is 38.6 Å². The molecule has 0 bridgehead atoms. The molecule has 0 aromatic rings. The number of hydrogen-bond donors (Lipinski definition) is 0. The van der Waals surface area contributed by atoms with Crippen LogP contribution in [0.3, 0.4) is 0 Å². The Labute approximate surface area is 121 Å². The summed E-state index contributed by atoms with van der Waals surface area (Å²) in [6.07, 6.45) is 6.74. The Morgan fingerprint density at radius 1 is 1.15 bits per heavy atom. The van der Waals surface area contributed by atoms with E-state index < -0.39 is 6.17 Å². The molecule has 1 heterocycles. The van der Waals surface area contributed by atoms with Crippen molar-refractivity contribution in [2.24, 2.45) is 5.92 Å². The molecule has 2 nitrogen and oxygen atoms in total. The summed E-state index contributed by atoms with van der Waals surface area (Å²) in [5, 5.41) is 0. The van der Waals surface area contributed by atoms with Crippen LogP contribution < -0.4 is 0 Å². The molecule has 2 unspecified atom stereocenters. The minimum absolute atomic E-state index is 0.214. The van der Waals surface area contributed by atoms with Gasteiger partial charge < -0.3 is 4.74 Å². The van der Waals surface area contributed by atoms with Crippen LogP contribution in [0, 0.1) is 5.92 Å². The molecule has 0 aromatic heterocycles. The molecule has 2 atom stereocenters. The second kappa shape index (κ2) is 8.28. The highest BCUT2D eigenvalue weighted by atomic mass is 19.1. The molecular formula is C16H29F2NO. The Bertz CT molecular complexity index is 267. The molecular weight excluding hydrogens is 260 g/mol. The van der Waals surface area contributed by atoms with Crippen LogP contribution in [0.1, 0.15) is 58.3 Å². The largest absolute Gasteiger partial charge is 0.363 e. The van der Waals surface area contributed by atoms with Crippen LogP contribution >= 0.6 is 0 Å². The maximum Gasteiger partial charge on any atom is 0.100 e. The van der Waals surface area contributed by atoms with Gasteiger partial charge in [-0.2, -0.15) is 0 Å². The van der Waals surface area contributed by atoms with Gasteiger partial charge >= 0.3 is 0 Å². The molecule has 2 aliphatic rings. The van der Waals surface area contributed by atoms with E-state index in [1.165, 1.54) is 0 Å². The molecule has 118 valence electrons. The van der Waals surface area contributed by atoms with Gasteiger partial charge in [0.15, 0.2) is 0 Å². The molecule has 1 saturated heterocycles. The first-order chi connectivity index (χ1) is 9.74. The molecule has 0 radical (unpaired) electrons. The van der Waals surface area contributed by atoms with Crippen LogP contribution in [-0.2, 0) is 4.74 Å². The van der Waals surface area contributed by atoms with Gasteiger partial charge in [-0.05, 0) is 50.9 Å². The topological polar surface area (TPSA) is 12.5 Å². The SMILES string of the molecule is CCC1OCN(C2CCC(F)CC2)CC1CCCCF. The average Bonchev–Trinajstić information content (AvgIpc) is 2.48. The van der Waals surface area contributed by atoms with Gasteiger partial charge in [-0.25, -0.2) is 4.39 Å². The number of unbranched alkanes of at least 4 members (excludes halogenated alkanes) is 1. The van der Waals surface area contributed by atoms with Crippen LogP contribution in [0.25, 0.3) is 0 Å². The van der Waals surface area contributed by atoms with Gasteiger partial charge in [-0.15, -0.1) is 0 Å². The first-order valence-electron chi connectivity index (χ1n) is 8.30. The van der Waals surface area contributed by atoms with E-state index in [1.807, 2.05) is 0 Å². The summed E-state index contributed by atoms with van der Waals surface area (Å²) in [5.41, 5.74) is 0. The summed E-state index contributed by atoms with van der Waals surface area (Å²) in [6, 6.07) is 0.489. The predicted octanol–water partition coefficient (Wildman–Crippen LogP) is 4.09. The van der Waals surface area contributed by atoms with Gasteiger partial charge in [0.1, 0.15) is 6.17 Å². The lowest BCUT2D eigenvalue weighted by Crippen LogP contribution is -2.50. The first-order valence-corrected chi connectivity index (χ1v) is 8.30. The minimum atomic E-state index is -0.597. The van der Waals surface area contributed by atoms with E-state index in [4.69, 9.17) is 4.74 Å². The second-order valence-corrected chi connectivity index (χ2v) is 6.36. The zero-order valence-corrected chi connectivity index (χ0v) is 12.7. The van der Waals surface area contributed by atoms with Crippen molar-refractivity contribution in [2.75, 3.05) is 20.0 Å². The summed E-state index contributed by atoms with van der Waals surface area (Å²) in [7, 11) is 0. The van der Waals surface area contributed by atoms with E-state index in [9.17, 15) is 8.78 Å². The summed E-state index contributed by atoms with van der Waals surface area (Å²) in [4.78, 5) is 2.40. The lowest BCUT2D eigenvalue weighted by atomic mass is 9.89. The number of alkyl halides is 2. The Kier molecular flexibility index (Phi) is 6.69. The van der Waals surface area contributed by atoms with E-state index in [-0.39, 0.29) is 6.67 Å². The first kappa shape index (κ1) is 16.2. The van der Waals surface area contributed by atoms with Crippen molar-refractivity contribution < 1.29 is 13.5 Å². The van der Waals surface area contributed by atoms with Gasteiger partial charge in [-0.3, -0.25) is 9.29 Å². The molecule has 4 heteroatoms. The van der Waals surface area contributed by atoms with Crippen molar-refractivity contribution in [3.8, 4) is 0 Å². The van der Waals surface area contributed by atoms with Crippen LogP contribution in [0.2, 0.25) is 0 Å². The monoisotopic (exact) mass is 289 g/mol. The Morgan fingerprint density at radius 2 is 1.90 bits per heavy atom. The highest BCUT2D eigenvalue weighted by molar-refractivity contribution is 4.84. The molecule has 1 saturated carbocycles. The maximum absolute atomic E-state index is 13.2. The fourth-order valence-electron chi connectivity index (χ4n) is 3.68. The van der Waals surface area contributed by atoms with E-state index in [2.05, 4.69) is 11.8 Å². The van der Waals surface area contributed by atoms with Gasteiger partial charge in [0.25, 0.3) is 0 Å². The Morgan fingerprint density at radius 3 is 2.55 bits per heavy atom. The zero-order chi connectivity index (χ0) is 14.4. The number of rotatable bonds is 6. The highest BCUT2D eigenvalue weighted by Crippen LogP contribution is 2.30. The van der Waals surface area contributed by atoms with E-state index in [1.54, 1.807) is 0 Å². The molecule has 2 rings (SSSR count).